The molecule has 5 rings (SSSR count). The van der Waals surface area contributed by atoms with Crippen molar-refractivity contribution in [2.24, 2.45) is 0 Å². The molecule has 0 radical (unpaired) electrons. The van der Waals surface area contributed by atoms with Gasteiger partial charge in [0.15, 0.2) is 22.6 Å². The van der Waals surface area contributed by atoms with Crippen LogP contribution >= 0.6 is 7.75 Å². The maximum atomic E-state index is 14.7. The molecule has 17 heteroatoms. The number of nitrogens with two attached hydrogens (primary N) is 1. The van der Waals surface area contributed by atoms with Crippen LogP contribution in [0, 0.1) is 30.1 Å². The molecule has 344 valence electrons. The number of ether oxygens (including phenoxy) is 2. The van der Waals surface area contributed by atoms with Crippen molar-refractivity contribution >= 4 is 30.7 Å². The number of terminal acetylenes is 1. The molecule has 0 saturated carbocycles. The Labute approximate surface area is 368 Å². The molecule has 0 amide bonds. The van der Waals surface area contributed by atoms with Crippen molar-refractivity contribution in [3.05, 3.63) is 78.1 Å². The number of halogens is 3. The monoisotopic (exact) mass is 898 g/mol. The molecule has 13 nitrogen and oxygen atoms in total. The first-order chi connectivity index (χ1) is 30.4. The minimum absolute atomic E-state index is 0.0179. The number of anilines is 1. The smallest absolute Gasteiger partial charge is 0.459 e. The average Bonchev–Trinajstić information content (AvgIpc) is 3.83. The zero-order valence-electron chi connectivity index (χ0n) is 36.2. The van der Waals surface area contributed by atoms with Crippen LogP contribution in [0.3, 0.4) is 0 Å². The van der Waals surface area contributed by atoms with Crippen LogP contribution in [0.4, 0.5) is 19.0 Å². The number of aliphatic hydroxyl groups excluding tert-OH is 1. The summed E-state index contributed by atoms with van der Waals surface area (Å²) in [5.41, 5.74) is 4.01. The normalized spacial score (nSPS) is 18.9. The van der Waals surface area contributed by atoms with Crippen LogP contribution in [-0.4, -0.2) is 61.6 Å². The second kappa shape index (κ2) is 25.1. The van der Waals surface area contributed by atoms with E-state index in [1.807, 2.05) is 0 Å². The van der Waals surface area contributed by atoms with Gasteiger partial charge in [-0.05, 0) is 42.7 Å². The van der Waals surface area contributed by atoms with Crippen molar-refractivity contribution in [2.75, 3.05) is 18.9 Å². The largest absolute Gasteiger partial charge is 0.465 e. The molecule has 5 atom stereocenters. The van der Waals surface area contributed by atoms with Crippen LogP contribution in [0.15, 0.2) is 54.9 Å². The van der Waals surface area contributed by atoms with Crippen LogP contribution in [0.25, 0.3) is 11.2 Å². The summed E-state index contributed by atoms with van der Waals surface area (Å²) in [6, 6.07) is 9.22. The van der Waals surface area contributed by atoms with Crippen LogP contribution in [-0.2, 0) is 29.8 Å². The highest BCUT2D eigenvalue weighted by molar-refractivity contribution is 7.52. The van der Waals surface area contributed by atoms with Gasteiger partial charge in [0.2, 0.25) is 0 Å². The number of hydrogen-bond acceptors (Lipinski definition) is 11. The zero-order valence-corrected chi connectivity index (χ0v) is 37.1. The predicted octanol–water partition coefficient (Wildman–Crippen LogP) is 10.1. The van der Waals surface area contributed by atoms with Gasteiger partial charge in [0.1, 0.15) is 42.4 Å². The van der Waals surface area contributed by atoms with Gasteiger partial charge in [-0.3, -0.25) is 13.9 Å². The van der Waals surface area contributed by atoms with Gasteiger partial charge in [-0.1, -0.05) is 134 Å². The summed E-state index contributed by atoms with van der Waals surface area (Å²) in [6.07, 6.45) is 23.5. The number of nitrogens with zero attached hydrogens (tertiary/aromatic N) is 4. The van der Waals surface area contributed by atoms with Gasteiger partial charge in [-0.15, -0.1) is 6.42 Å². The summed E-state index contributed by atoms with van der Waals surface area (Å²) in [4.78, 5) is 25.1. The molecule has 63 heavy (non-hydrogen) atoms. The van der Waals surface area contributed by atoms with Crippen molar-refractivity contribution < 1.29 is 46.2 Å². The van der Waals surface area contributed by atoms with Crippen molar-refractivity contribution in [3.8, 4) is 18.1 Å². The quantitative estimate of drug-likeness (QED) is 0.0155. The first-order valence-electron chi connectivity index (χ1n) is 22.3. The van der Waals surface area contributed by atoms with Crippen molar-refractivity contribution in [1.82, 2.24) is 24.6 Å². The summed E-state index contributed by atoms with van der Waals surface area (Å²) in [7, 11) is -4.69. The number of hydrogen-bond donors (Lipinski definition) is 3. The third-order valence-corrected chi connectivity index (χ3v) is 12.7. The fourth-order valence-electron chi connectivity index (χ4n) is 7.67. The Morgan fingerprint density at radius 2 is 1.54 bits per heavy atom. The first kappa shape index (κ1) is 49.5. The number of imidazole rings is 1. The second-order valence-corrected chi connectivity index (χ2v) is 17.9. The molecule has 4 N–H and O–H groups in total. The number of benzene rings is 2. The highest BCUT2D eigenvalue weighted by atomic mass is 31.2. The molecule has 0 aliphatic carbocycles. The first-order valence-corrected chi connectivity index (χ1v) is 23.9. The Balaban J connectivity index is 1.17. The number of esters is 1. The molecule has 2 aromatic carbocycles. The Bertz CT molecular complexity index is 2100. The van der Waals surface area contributed by atoms with E-state index in [4.69, 9.17) is 30.7 Å². The van der Waals surface area contributed by atoms with Crippen LogP contribution in [0.1, 0.15) is 134 Å². The lowest BCUT2D eigenvalue weighted by molar-refractivity contribution is -0.146. The molecular weight excluding hydrogens is 837 g/mol. The number of nitrogen functional groups attached to an aromatic ring is 1. The van der Waals surface area contributed by atoms with E-state index in [2.05, 4.69) is 32.9 Å². The van der Waals surface area contributed by atoms with Gasteiger partial charge >= 0.3 is 19.8 Å². The van der Waals surface area contributed by atoms with Crippen molar-refractivity contribution in [1.29, 1.82) is 0 Å². The van der Waals surface area contributed by atoms with Crippen LogP contribution in [0.2, 0.25) is 0 Å². The maximum Gasteiger partial charge on any atom is 0.459 e. The standard InChI is InChI=1S/C46H62F3N6O7P/c1-3-5-6-7-8-9-10-11-12-13-14-15-16-17-18-19-23-26-59-44(57)38(29-34-27-35(47)30-36(48)28-34)54-63(58,62-37-24-21-20-22-25-37)60-32-46(4-2)39(56)31-40(61-46)55-33-51-41-42(50)52-45(49)53-43(41)55/h2,20-22,24-25,27-28,30,33,38-40,56H,3,5-19,23,26,29,31-32H2,1H3,(H,54,58)(H2,50,52,53)/t38-,39-,40+,46+,63-/m0/s1. The lowest BCUT2D eigenvalue weighted by Gasteiger charge is -2.30. The van der Waals surface area contributed by atoms with Gasteiger partial charge in [0.05, 0.1) is 12.9 Å². The van der Waals surface area contributed by atoms with Crippen LogP contribution in [0.5, 0.6) is 5.75 Å². The maximum absolute atomic E-state index is 14.7. The number of carbonyl (C=O) groups excluding carboxylic acids is 1. The summed E-state index contributed by atoms with van der Waals surface area (Å²) in [5, 5.41) is 13.9. The molecule has 0 spiro atoms. The number of rotatable bonds is 29. The molecule has 4 aromatic rings. The molecule has 3 heterocycles. The summed E-state index contributed by atoms with van der Waals surface area (Å²) in [6.45, 7) is 1.56. The van der Waals surface area contributed by atoms with E-state index < -0.39 is 62.0 Å². The highest BCUT2D eigenvalue weighted by Crippen LogP contribution is 2.48. The van der Waals surface area contributed by atoms with Gasteiger partial charge < -0.3 is 24.8 Å². The minimum Gasteiger partial charge on any atom is -0.465 e. The Morgan fingerprint density at radius 1 is 0.952 bits per heavy atom. The van der Waals surface area contributed by atoms with Gasteiger partial charge in [-0.2, -0.15) is 19.4 Å². The summed E-state index contributed by atoms with van der Waals surface area (Å²) in [5.74, 6) is -0.353. The van der Waals surface area contributed by atoms with Gasteiger partial charge in [-0.25, -0.2) is 18.3 Å². The summed E-state index contributed by atoms with van der Waals surface area (Å²) < 4.78 is 82.3. The lowest BCUT2D eigenvalue weighted by atomic mass is 9.99. The Kier molecular flexibility index (Phi) is 19.7. The third-order valence-electron chi connectivity index (χ3n) is 11.2. The van der Waals surface area contributed by atoms with Gasteiger partial charge in [0, 0.05) is 12.5 Å². The fraction of sp³-hybridized carbons (Fsp3) is 0.565. The lowest BCUT2D eigenvalue weighted by Crippen LogP contribution is -2.44. The SMILES string of the molecule is C#C[C@]1(CO[P@@](=O)(N[C@@H](Cc2cc(F)cc(F)c2)C(=O)OCCCCCCCCCCCCCCCCCCC)Oc2ccccc2)O[C@@H](n2cnc3c(N)nc(F)nc32)C[C@@H]1O. The fourth-order valence-corrected chi connectivity index (χ4v) is 9.19. The molecular formula is C46H62F3N6O7P. The van der Waals surface area contributed by atoms with E-state index >= 15 is 0 Å². The van der Waals surface area contributed by atoms with E-state index in [9.17, 15) is 27.6 Å². The number of para-hydroxylation sites is 1. The molecule has 1 aliphatic rings. The van der Waals surface area contributed by atoms with Crippen molar-refractivity contribution in [2.45, 2.75) is 153 Å². The second-order valence-electron chi connectivity index (χ2n) is 16.2. The van der Waals surface area contributed by atoms with E-state index in [0.717, 1.165) is 37.8 Å². The molecule has 0 unspecified atom stereocenters. The third kappa shape index (κ3) is 15.3. The number of nitrogens with one attached hydrogen (secondary N) is 1. The van der Waals surface area contributed by atoms with Crippen LogP contribution < -0.4 is 15.3 Å². The number of fused-ring (bicyclic) bond motifs is 1. The van der Waals surface area contributed by atoms with E-state index in [1.54, 1.807) is 18.2 Å². The number of aliphatic hydroxyl groups is 1. The van der Waals surface area contributed by atoms with Gasteiger partial charge in [0.25, 0.3) is 0 Å². The van der Waals surface area contributed by atoms with E-state index in [0.29, 0.717) is 12.5 Å². The average molecular weight is 899 g/mol. The van der Waals surface area contributed by atoms with E-state index in [-0.39, 0.29) is 47.7 Å². The molecule has 1 saturated heterocycles. The topological polar surface area (TPSA) is 173 Å². The summed E-state index contributed by atoms with van der Waals surface area (Å²) >= 11 is 0. The molecule has 2 aromatic heterocycles. The van der Waals surface area contributed by atoms with Crippen molar-refractivity contribution in [3.63, 3.8) is 0 Å². The Hall–Kier alpha value is -4.52. The highest BCUT2D eigenvalue weighted by Gasteiger charge is 2.50. The molecule has 1 fully saturated rings. The Morgan fingerprint density at radius 3 is 2.13 bits per heavy atom. The van der Waals surface area contributed by atoms with E-state index in [1.165, 1.54) is 100 Å². The molecule has 0 bridgehead atoms. The zero-order chi connectivity index (χ0) is 45.1. The predicted molar refractivity (Wildman–Crippen MR) is 235 cm³/mol. The minimum atomic E-state index is -4.69. The number of aromatic nitrogens is 4. The number of unbranched alkanes of at least 4 members (excludes halogenated alkanes) is 16. The molecule has 1 aliphatic heterocycles. The number of carbonyl (C=O) groups is 1.